The first-order chi connectivity index (χ1) is 16.7. The first-order valence-corrected chi connectivity index (χ1v) is 11.6. The highest BCUT2D eigenvalue weighted by Crippen LogP contribution is 2.43. The number of rotatable bonds is 10. The second-order valence-corrected chi connectivity index (χ2v) is 9.13. The summed E-state index contributed by atoms with van der Waals surface area (Å²) in [5, 5.41) is 11.3. The van der Waals surface area contributed by atoms with Crippen LogP contribution < -0.4 is 14.2 Å². The van der Waals surface area contributed by atoms with Crippen molar-refractivity contribution in [1.82, 2.24) is 9.80 Å². The van der Waals surface area contributed by atoms with Crippen LogP contribution in [-0.2, 0) is 9.59 Å². The van der Waals surface area contributed by atoms with Crippen molar-refractivity contribution in [1.29, 1.82) is 0 Å². The summed E-state index contributed by atoms with van der Waals surface area (Å²) in [5.74, 6) is 0.408. The zero-order valence-corrected chi connectivity index (χ0v) is 21.2. The van der Waals surface area contributed by atoms with Gasteiger partial charge >= 0.3 is 0 Å². The van der Waals surface area contributed by atoms with Crippen molar-refractivity contribution in [3.05, 3.63) is 59.2 Å². The van der Waals surface area contributed by atoms with Crippen LogP contribution in [0, 0.1) is 5.92 Å². The summed E-state index contributed by atoms with van der Waals surface area (Å²) in [6.45, 7) is 5.52. The number of hydrogen-bond acceptors (Lipinski definition) is 7. The Morgan fingerprint density at radius 1 is 1.03 bits per heavy atom. The predicted molar refractivity (Wildman–Crippen MR) is 134 cm³/mol. The molecule has 0 unspecified atom stereocenters. The van der Waals surface area contributed by atoms with Gasteiger partial charge in [-0.3, -0.25) is 9.59 Å². The molecule has 0 bridgehead atoms. The van der Waals surface area contributed by atoms with Crippen LogP contribution in [0.1, 0.15) is 31.0 Å². The fourth-order valence-electron chi connectivity index (χ4n) is 3.92. The molecule has 1 aliphatic rings. The van der Waals surface area contributed by atoms with Gasteiger partial charge in [0.15, 0.2) is 0 Å². The van der Waals surface area contributed by atoms with Crippen LogP contribution in [0.25, 0.3) is 5.76 Å². The maximum absolute atomic E-state index is 13.2. The molecule has 188 valence electrons. The lowest BCUT2D eigenvalue weighted by Gasteiger charge is -2.28. The van der Waals surface area contributed by atoms with Crippen LogP contribution in [0.4, 0.5) is 0 Å². The number of amides is 1. The SMILES string of the molecule is COc1ccc(OC)c([C@@H]2/C(=C(\O)c3ccc(OCC(C)C)cc3)C(=O)C(=O)N2CCN(C)C)c1. The number of likely N-dealkylation sites (tertiary alicyclic amines) is 1. The normalized spacial score (nSPS) is 17.4. The number of benzene rings is 2. The maximum Gasteiger partial charge on any atom is 0.295 e. The topological polar surface area (TPSA) is 88.5 Å². The van der Waals surface area contributed by atoms with E-state index in [2.05, 4.69) is 13.8 Å². The second-order valence-electron chi connectivity index (χ2n) is 9.13. The summed E-state index contributed by atoms with van der Waals surface area (Å²) in [7, 11) is 6.84. The van der Waals surface area contributed by atoms with Crippen molar-refractivity contribution in [3.8, 4) is 17.2 Å². The minimum absolute atomic E-state index is 0.0103. The molecule has 0 radical (unpaired) electrons. The molecule has 2 aromatic carbocycles. The van der Waals surface area contributed by atoms with Gasteiger partial charge in [-0.2, -0.15) is 0 Å². The van der Waals surface area contributed by atoms with E-state index in [0.717, 1.165) is 0 Å². The van der Waals surface area contributed by atoms with Crippen LogP contribution in [-0.4, -0.2) is 74.6 Å². The lowest BCUT2D eigenvalue weighted by Crippen LogP contribution is -2.35. The number of carbonyl (C=O) groups is 2. The number of ether oxygens (including phenoxy) is 3. The van der Waals surface area contributed by atoms with E-state index in [1.54, 1.807) is 42.5 Å². The molecule has 35 heavy (non-hydrogen) atoms. The Bertz CT molecular complexity index is 1090. The minimum atomic E-state index is -0.836. The van der Waals surface area contributed by atoms with Gasteiger partial charge in [0.25, 0.3) is 11.7 Å². The molecule has 1 aliphatic heterocycles. The van der Waals surface area contributed by atoms with E-state index in [1.165, 1.54) is 19.1 Å². The first-order valence-electron chi connectivity index (χ1n) is 11.6. The molecule has 1 atom stereocenters. The van der Waals surface area contributed by atoms with Crippen LogP contribution >= 0.6 is 0 Å². The summed E-state index contributed by atoms with van der Waals surface area (Å²) < 4.78 is 16.7. The molecule has 0 aromatic heterocycles. The van der Waals surface area contributed by atoms with Gasteiger partial charge in [-0.15, -0.1) is 0 Å². The number of hydrogen-bond donors (Lipinski definition) is 1. The van der Waals surface area contributed by atoms with Crippen molar-refractivity contribution >= 4 is 17.4 Å². The lowest BCUT2D eigenvalue weighted by molar-refractivity contribution is -0.140. The van der Waals surface area contributed by atoms with Gasteiger partial charge in [-0.1, -0.05) is 13.8 Å². The zero-order valence-electron chi connectivity index (χ0n) is 21.2. The monoisotopic (exact) mass is 482 g/mol. The molecule has 1 amide bonds. The van der Waals surface area contributed by atoms with Crippen molar-refractivity contribution in [2.24, 2.45) is 5.92 Å². The smallest absolute Gasteiger partial charge is 0.295 e. The maximum atomic E-state index is 13.2. The van der Waals surface area contributed by atoms with Crippen molar-refractivity contribution in [2.45, 2.75) is 19.9 Å². The fourth-order valence-corrected chi connectivity index (χ4v) is 3.92. The Labute approximate surface area is 206 Å². The van der Waals surface area contributed by atoms with Gasteiger partial charge < -0.3 is 29.1 Å². The number of ketones is 1. The summed E-state index contributed by atoms with van der Waals surface area (Å²) in [5.41, 5.74) is 0.985. The number of methoxy groups -OCH3 is 2. The Morgan fingerprint density at radius 3 is 2.26 bits per heavy atom. The van der Waals surface area contributed by atoms with Crippen LogP contribution in [0.2, 0.25) is 0 Å². The highest BCUT2D eigenvalue weighted by atomic mass is 16.5. The Morgan fingerprint density at radius 2 is 1.69 bits per heavy atom. The van der Waals surface area contributed by atoms with E-state index in [1.807, 2.05) is 19.0 Å². The van der Waals surface area contributed by atoms with Gasteiger partial charge in [0.05, 0.1) is 32.4 Å². The number of carbonyl (C=O) groups excluding carboxylic acids is 2. The van der Waals surface area contributed by atoms with E-state index < -0.39 is 17.7 Å². The van der Waals surface area contributed by atoms with Crippen LogP contribution in [0.15, 0.2) is 48.0 Å². The van der Waals surface area contributed by atoms with Gasteiger partial charge in [0, 0.05) is 24.2 Å². The van der Waals surface area contributed by atoms with Gasteiger partial charge in [0.2, 0.25) is 0 Å². The van der Waals surface area contributed by atoms with E-state index in [-0.39, 0.29) is 11.3 Å². The number of aliphatic hydroxyl groups is 1. The average molecular weight is 483 g/mol. The third-order valence-electron chi connectivity index (χ3n) is 5.77. The first kappa shape index (κ1) is 26.1. The van der Waals surface area contributed by atoms with Crippen LogP contribution in [0.5, 0.6) is 17.2 Å². The number of nitrogens with zero attached hydrogens (tertiary/aromatic N) is 2. The Hall–Kier alpha value is -3.52. The summed E-state index contributed by atoms with van der Waals surface area (Å²) in [6, 6.07) is 11.2. The van der Waals surface area contributed by atoms with E-state index in [9.17, 15) is 14.7 Å². The molecule has 2 aromatic rings. The summed E-state index contributed by atoms with van der Waals surface area (Å²) >= 11 is 0. The third-order valence-corrected chi connectivity index (χ3v) is 5.77. The van der Waals surface area contributed by atoms with Crippen molar-refractivity contribution < 1.29 is 28.9 Å². The largest absolute Gasteiger partial charge is 0.507 e. The molecule has 1 saturated heterocycles. The molecule has 1 fully saturated rings. The van der Waals surface area contributed by atoms with Crippen molar-refractivity contribution in [2.75, 3.05) is 48.0 Å². The molecule has 0 spiro atoms. The highest BCUT2D eigenvalue weighted by molar-refractivity contribution is 6.46. The standard InChI is InChI=1S/C27H34N2O6/c1-17(2)16-35-19-9-7-18(8-10-19)25(30)23-24(21-15-20(33-5)11-12-22(21)34-6)29(14-13-28(3)4)27(32)26(23)31/h7-12,15,17,24,30H,13-14,16H2,1-6H3/b25-23+/t24-/m1/s1. The molecule has 1 N–H and O–H groups in total. The quantitative estimate of drug-likeness (QED) is 0.314. The predicted octanol–water partition coefficient (Wildman–Crippen LogP) is 3.72. The molecule has 3 rings (SSSR count). The highest BCUT2D eigenvalue weighted by Gasteiger charge is 2.47. The fraction of sp³-hybridized carbons (Fsp3) is 0.407. The summed E-state index contributed by atoms with van der Waals surface area (Å²) in [4.78, 5) is 29.8. The third kappa shape index (κ3) is 5.77. The Balaban J connectivity index is 2.12. The van der Waals surface area contributed by atoms with Gasteiger partial charge in [-0.25, -0.2) is 0 Å². The van der Waals surface area contributed by atoms with E-state index in [0.29, 0.717) is 54.0 Å². The van der Waals surface area contributed by atoms with Crippen molar-refractivity contribution in [3.63, 3.8) is 0 Å². The van der Waals surface area contributed by atoms with E-state index in [4.69, 9.17) is 14.2 Å². The number of Topliss-reactive ketones (excluding diaryl/α,β-unsaturated/α-hetero) is 1. The van der Waals surface area contributed by atoms with E-state index >= 15 is 0 Å². The van der Waals surface area contributed by atoms with Gasteiger partial charge in [0.1, 0.15) is 23.0 Å². The molecule has 8 nitrogen and oxygen atoms in total. The molecule has 0 aliphatic carbocycles. The second kappa shape index (κ2) is 11.3. The zero-order chi connectivity index (χ0) is 25.7. The molecule has 1 heterocycles. The van der Waals surface area contributed by atoms with Crippen LogP contribution in [0.3, 0.4) is 0 Å². The lowest BCUT2D eigenvalue weighted by atomic mass is 9.94. The number of aliphatic hydroxyl groups excluding tert-OH is 1. The molecular formula is C27H34N2O6. The minimum Gasteiger partial charge on any atom is -0.507 e. The Kier molecular flexibility index (Phi) is 8.40. The molecule has 0 saturated carbocycles. The van der Waals surface area contributed by atoms with Gasteiger partial charge in [-0.05, 0) is 62.5 Å². The summed E-state index contributed by atoms with van der Waals surface area (Å²) in [6.07, 6.45) is 0. The number of likely N-dealkylation sites (N-methyl/N-ethyl adjacent to an activating group) is 1. The molecular weight excluding hydrogens is 448 g/mol. The average Bonchev–Trinajstić information content (AvgIpc) is 3.10. The molecule has 8 heteroatoms.